The second-order valence-corrected chi connectivity index (χ2v) is 5.99. The predicted molar refractivity (Wildman–Crippen MR) is 64.1 cm³/mol. The van der Waals surface area contributed by atoms with Crippen LogP contribution >= 0.6 is 22.6 Å². The highest BCUT2D eigenvalue weighted by Crippen LogP contribution is 2.04. The largest absolute Gasteiger partial charge is 0.356 e. The summed E-state index contributed by atoms with van der Waals surface area (Å²) in [4.78, 5) is 0. The molecule has 0 aliphatic carbocycles. The molecule has 0 saturated heterocycles. The van der Waals surface area contributed by atoms with Gasteiger partial charge in [-0.15, -0.1) is 0 Å². The standard InChI is InChI=1S/C8H19IO2Si/c1-10-8(11-2)4-7-12-6-3-5-9/h8H,3-7,12H2,1-2H3. The van der Waals surface area contributed by atoms with E-state index in [1.807, 2.05) is 0 Å². The maximum atomic E-state index is 5.10. The Labute approximate surface area is 91.4 Å². The van der Waals surface area contributed by atoms with E-state index in [0.717, 1.165) is 6.42 Å². The fraction of sp³-hybridized carbons (Fsp3) is 1.00. The van der Waals surface area contributed by atoms with Gasteiger partial charge >= 0.3 is 0 Å². The lowest BCUT2D eigenvalue weighted by Gasteiger charge is -2.12. The first-order valence-corrected chi connectivity index (χ1v) is 7.99. The Balaban J connectivity index is 3.06. The molecule has 0 amide bonds. The molecule has 0 bridgehead atoms. The zero-order valence-corrected chi connectivity index (χ0v) is 11.6. The third kappa shape index (κ3) is 7.51. The molecule has 0 fully saturated rings. The molecule has 0 aliphatic rings. The van der Waals surface area contributed by atoms with Crippen LogP contribution < -0.4 is 0 Å². The number of methoxy groups -OCH3 is 2. The normalized spacial score (nSPS) is 12.0. The molecule has 12 heavy (non-hydrogen) atoms. The molecule has 0 heterocycles. The second-order valence-electron chi connectivity index (χ2n) is 2.79. The maximum absolute atomic E-state index is 5.10. The highest BCUT2D eigenvalue weighted by atomic mass is 127. The van der Waals surface area contributed by atoms with Crippen molar-refractivity contribution in [3.63, 3.8) is 0 Å². The Morgan fingerprint density at radius 2 is 1.92 bits per heavy atom. The molecule has 0 rings (SSSR count). The number of rotatable bonds is 8. The fourth-order valence-corrected chi connectivity index (χ4v) is 4.23. The van der Waals surface area contributed by atoms with Gasteiger partial charge in [-0.05, 0) is 17.3 Å². The van der Waals surface area contributed by atoms with Crippen molar-refractivity contribution in [1.82, 2.24) is 0 Å². The Bertz CT molecular complexity index is 89.1. The molecule has 0 radical (unpaired) electrons. The molecule has 74 valence electrons. The molecule has 2 nitrogen and oxygen atoms in total. The Morgan fingerprint density at radius 1 is 1.25 bits per heavy atom. The molecule has 0 aromatic heterocycles. The van der Waals surface area contributed by atoms with Crippen LogP contribution in [-0.4, -0.2) is 34.5 Å². The van der Waals surface area contributed by atoms with Gasteiger partial charge in [0.1, 0.15) is 0 Å². The van der Waals surface area contributed by atoms with Gasteiger partial charge in [-0.3, -0.25) is 0 Å². The zero-order valence-electron chi connectivity index (χ0n) is 8.01. The van der Waals surface area contributed by atoms with Crippen LogP contribution in [0.3, 0.4) is 0 Å². The molecule has 0 unspecified atom stereocenters. The van der Waals surface area contributed by atoms with Crippen molar-refractivity contribution >= 4 is 32.1 Å². The molecule has 0 aromatic carbocycles. The minimum absolute atomic E-state index is 0.0390. The van der Waals surface area contributed by atoms with E-state index in [9.17, 15) is 0 Å². The van der Waals surface area contributed by atoms with E-state index in [1.165, 1.54) is 22.9 Å². The minimum atomic E-state index is 0.0390. The van der Waals surface area contributed by atoms with E-state index >= 15 is 0 Å². The van der Waals surface area contributed by atoms with E-state index in [0.29, 0.717) is 0 Å². The third-order valence-electron chi connectivity index (χ3n) is 1.85. The number of halogens is 1. The van der Waals surface area contributed by atoms with Gasteiger partial charge in [-0.25, -0.2) is 0 Å². The zero-order chi connectivity index (χ0) is 9.23. The van der Waals surface area contributed by atoms with Gasteiger partial charge in [0.2, 0.25) is 0 Å². The SMILES string of the molecule is COC(CC[SiH2]CCCI)OC. The summed E-state index contributed by atoms with van der Waals surface area (Å²) >= 11 is 2.44. The molecule has 0 aliphatic heterocycles. The Morgan fingerprint density at radius 3 is 2.42 bits per heavy atom. The minimum Gasteiger partial charge on any atom is -0.356 e. The highest BCUT2D eigenvalue weighted by Gasteiger charge is 2.03. The average Bonchev–Trinajstić information content (AvgIpc) is 2.11. The van der Waals surface area contributed by atoms with Crippen molar-refractivity contribution in [2.45, 2.75) is 31.2 Å². The van der Waals surface area contributed by atoms with E-state index in [4.69, 9.17) is 9.47 Å². The first-order chi connectivity index (χ1) is 5.85. The summed E-state index contributed by atoms with van der Waals surface area (Å²) < 4.78 is 11.5. The number of ether oxygens (including phenoxy) is 2. The van der Waals surface area contributed by atoms with Gasteiger partial charge in [0.25, 0.3) is 0 Å². The van der Waals surface area contributed by atoms with Gasteiger partial charge in [-0.2, -0.15) is 0 Å². The summed E-state index contributed by atoms with van der Waals surface area (Å²) in [5, 5.41) is 0. The van der Waals surface area contributed by atoms with E-state index < -0.39 is 0 Å². The molecule has 4 heteroatoms. The van der Waals surface area contributed by atoms with Crippen molar-refractivity contribution in [3.05, 3.63) is 0 Å². The van der Waals surface area contributed by atoms with Crippen molar-refractivity contribution in [2.24, 2.45) is 0 Å². The molecule has 0 N–H and O–H groups in total. The van der Waals surface area contributed by atoms with Crippen LogP contribution in [0.15, 0.2) is 0 Å². The maximum Gasteiger partial charge on any atom is 0.156 e. The highest BCUT2D eigenvalue weighted by molar-refractivity contribution is 14.1. The third-order valence-corrected chi connectivity index (χ3v) is 4.52. The van der Waals surface area contributed by atoms with Gasteiger partial charge in [-0.1, -0.05) is 34.7 Å². The van der Waals surface area contributed by atoms with Crippen molar-refractivity contribution < 1.29 is 9.47 Å². The number of hydrogen-bond donors (Lipinski definition) is 0. The summed E-state index contributed by atoms with van der Waals surface area (Å²) in [6.07, 6.45) is 2.52. The monoisotopic (exact) mass is 302 g/mol. The molecular formula is C8H19IO2Si. The van der Waals surface area contributed by atoms with Gasteiger partial charge in [0, 0.05) is 23.7 Å². The van der Waals surface area contributed by atoms with Crippen molar-refractivity contribution in [3.8, 4) is 0 Å². The molecule has 0 saturated carbocycles. The van der Waals surface area contributed by atoms with Crippen molar-refractivity contribution in [1.29, 1.82) is 0 Å². The van der Waals surface area contributed by atoms with Gasteiger partial charge < -0.3 is 9.47 Å². The van der Waals surface area contributed by atoms with Crippen LogP contribution in [0, 0.1) is 0 Å². The second kappa shape index (κ2) is 9.95. The first-order valence-electron chi connectivity index (χ1n) is 4.46. The lowest BCUT2D eigenvalue weighted by Crippen LogP contribution is -2.13. The quantitative estimate of drug-likeness (QED) is 0.224. The summed E-state index contributed by atoms with van der Waals surface area (Å²) in [6, 6.07) is 2.83. The first kappa shape index (κ1) is 12.9. The van der Waals surface area contributed by atoms with Crippen LogP contribution in [0.1, 0.15) is 12.8 Å². The topological polar surface area (TPSA) is 18.5 Å². The van der Waals surface area contributed by atoms with Crippen LogP contribution in [0.4, 0.5) is 0 Å². The van der Waals surface area contributed by atoms with E-state index in [1.54, 1.807) is 14.2 Å². The van der Waals surface area contributed by atoms with E-state index in [-0.39, 0.29) is 15.8 Å². The van der Waals surface area contributed by atoms with Gasteiger partial charge in [0.05, 0.1) is 0 Å². The van der Waals surface area contributed by atoms with Crippen molar-refractivity contribution in [2.75, 3.05) is 18.6 Å². The number of hydrogen-bond acceptors (Lipinski definition) is 2. The summed E-state index contributed by atoms with van der Waals surface area (Å²) in [5.41, 5.74) is 0. The summed E-state index contributed by atoms with van der Waals surface area (Å²) in [6.45, 7) is 0. The van der Waals surface area contributed by atoms with Crippen LogP contribution in [0.5, 0.6) is 0 Å². The predicted octanol–water partition coefficient (Wildman–Crippen LogP) is 1.83. The summed E-state index contributed by atoms with van der Waals surface area (Å²) in [5.74, 6) is 0. The smallest absolute Gasteiger partial charge is 0.156 e. The van der Waals surface area contributed by atoms with Gasteiger partial charge in [0.15, 0.2) is 6.29 Å². The number of alkyl halides is 1. The van der Waals surface area contributed by atoms with E-state index in [2.05, 4.69) is 22.6 Å². The summed E-state index contributed by atoms with van der Waals surface area (Å²) in [7, 11) is 3.59. The average molecular weight is 302 g/mol. The fourth-order valence-electron chi connectivity index (χ4n) is 1.09. The van der Waals surface area contributed by atoms with Crippen LogP contribution in [0.2, 0.25) is 12.1 Å². The molecular weight excluding hydrogens is 283 g/mol. The van der Waals surface area contributed by atoms with Crippen LogP contribution in [0.25, 0.3) is 0 Å². The Hall–Kier alpha value is 0.867. The molecule has 0 aromatic rings. The van der Waals surface area contributed by atoms with Crippen LogP contribution in [-0.2, 0) is 9.47 Å². The molecule has 0 spiro atoms. The lowest BCUT2D eigenvalue weighted by atomic mass is 10.5. The Kier molecular flexibility index (Phi) is 10.7. The molecule has 0 atom stereocenters. The lowest BCUT2D eigenvalue weighted by molar-refractivity contribution is -0.103.